The molecular weight excluding hydrogens is 204 g/mol. The van der Waals surface area contributed by atoms with E-state index < -0.39 is 11.9 Å². The van der Waals surface area contributed by atoms with E-state index in [2.05, 4.69) is 18.9 Å². The van der Waals surface area contributed by atoms with Crippen LogP contribution in [0, 0.1) is 0 Å². The lowest BCUT2D eigenvalue weighted by molar-refractivity contribution is -0.151. The molecule has 0 fully saturated rings. The van der Waals surface area contributed by atoms with Crippen molar-refractivity contribution in [2.45, 2.75) is 6.92 Å². The average molecular weight is 218 g/mol. The summed E-state index contributed by atoms with van der Waals surface area (Å²) in [6.45, 7) is 1.12. The molecule has 0 unspecified atom stereocenters. The highest BCUT2D eigenvalue weighted by atomic mass is 16.7. The van der Waals surface area contributed by atoms with Gasteiger partial charge in [0.1, 0.15) is 0 Å². The van der Waals surface area contributed by atoms with Gasteiger partial charge in [0, 0.05) is 25.9 Å². The summed E-state index contributed by atoms with van der Waals surface area (Å²) in [4.78, 5) is 22.1. The van der Waals surface area contributed by atoms with Crippen LogP contribution in [0.15, 0.2) is 11.6 Å². The summed E-state index contributed by atoms with van der Waals surface area (Å²) in [6, 6.07) is 0. The second-order valence-electron chi connectivity index (χ2n) is 2.54. The summed E-state index contributed by atoms with van der Waals surface area (Å²) in [5.41, 5.74) is 0.133. The van der Waals surface area contributed by atoms with E-state index >= 15 is 0 Å². The van der Waals surface area contributed by atoms with Crippen LogP contribution in [0.4, 0.5) is 0 Å². The lowest BCUT2D eigenvalue weighted by Gasteiger charge is -2.03. The van der Waals surface area contributed by atoms with Gasteiger partial charge >= 0.3 is 11.9 Å². The normalized spacial score (nSPS) is 11.0. The molecule has 0 aliphatic heterocycles. The third kappa shape index (κ3) is 6.64. The minimum Gasteiger partial charge on any atom is -0.435 e. The Hall–Kier alpha value is -1.40. The van der Waals surface area contributed by atoms with Crippen molar-refractivity contribution < 1.29 is 28.5 Å². The van der Waals surface area contributed by atoms with Gasteiger partial charge in [-0.15, -0.1) is 0 Å². The Morgan fingerprint density at radius 3 is 2.13 bits per heavy atom. The number of rotatable bonds is 6. The van der Waals surface area contributed by atoms with E-state index in [0.717, 1.165) is 6.08 Å². The van der Waals surface area contributed by atoms with Crippen LogP contribution in [-0.2, 0) is 28.5 Å². The predicted molar refractivity (Wildman–Crippen MR) is 49.7 cm³/mol. The van der Waals surface area contributed by atoms with E-state index in [9.17, 15) is 9.59 Å². The minimum atomic E-state index is -0.663. The summed E-state index contributed by atoms with van der Waals surface area (Å²) in [7, 11) is 2.77. The van der Waals surface area contributed by atoms with E-state index in [1.54, 1.807) is 0 Å². The Labute approximate surface area is 87.7 Å². The van der Waals surface area contributed by atoms with Gasteiger partial charge in [-0.1, -0.05) is 0 Å². The van der Waals surface area contributed by atoms with Crippen LogP contribution >= 0.6 is 0 Å². The number of ether oxygens (including phenoxy) is 4. The summed E-state index contributed by atoms with van der Waals surface area (Å²) >= 11 is 0. The summed E-state index contributed by atoms with van der Waals surface area (Å²) in [5.74, 6) is -1.30. The Bertz CT molecular complexity index is 245. The van der Waals surface area contributed by atoms with E-state index in [1.165, 1.54) is 21.1 Å². The van der Waals surface area contributed by atoms with Gasteiger partial charge in [-0.05, 0) is 6.92 Å². The topological polar surface area (TPSA) is 71.1 Å². The first kappa shape index (κ1) is 13.6. The molecule has 0 saturated heterocycles. The first-order valence-electron chi connectivity index (χ1n) is 4.12. The van der Waals surface area contributed by atoms with Gasteiger partial charge < -0.3 is 18.9 Å². The Balaban J connectivity index is 4.05. The third-order valence-electron chi connectivity index (χ3n) is 1.28. The average Bonchev–Trinajstić information content (AvgIpc) is 2.22. The molecular formula is C9H14O6. The first-order chi connectivity index (χ1) is 7.11. The van der Waals surface area contributed by atoms with Crippen molar-refractivity contribution in [2.24, 2.45) is 0 Å². The highest BCUT2D eigenvalue weighted by Gasteiger charge is 2.08. The number of carbonyl (C=O) groups is 2. The lowest BCUT2D eigenvalue weighted by Crippen LogP contribution is -2.11. The smallest absolute Gasteiger partial charge is 0.336 e. The van der Waals surface area contributed by atoms with Crippen LogP contribution in [0.1, 0.15) is 6.92 Å². The molecule has 0 aliphatic carbocycles. The van der Waals surface area contributed by atoms with Crippen molar-refractivity contribution in [3.8, 4) is 0 Å². The molecule has 0 aliphatic rings. The van der Waals surface area contributed by atoms with Gasteiger partial charge in [-0.3, -0.25) is 0 Å². The largest absolute Gasteiger partial charge is 0.435 e. The van der Waals surface area contributed by atoms with Crippen molar-refractivity contribution in [1.29, 1.82) is 0 Å². The van der Waals surface area contributed by atoms with Crippen molar-refractivity contribution in [3.63, 3.8) is 0 Å². The van der Waals surface area contributed by atoms with E-state index in [0.29, 0.717) is 0 Å². The zero-order chi connectivity index (χ0) is 11.7. The van der Waals surface area contributed by atoms with Gasteiger partial charge in [-0.25, -0.2) is 9.59 Å². The highest BCUT2D eigenvalue weighted by Crippen LogP contribution is 1.97. The third-order valence-corrected chi connectivity index (χ3v) is 1.28. The summed E-state index contributed by atoms with van der Waals surface area (Å²) < 4.78 is 18.2. The molecule has 0 spiro atoms. The zero-order valence-electron chi connectivity index (χ0n) is 8.94. The van der Waals surface area contributed by atoms with Gasteiger partial charge in [0.25, 0.3) is 0 Å². The summed E-state index contributed by atoms with van der Waals surface area (Å²) in [6.07, 6.45) is 1.02. The van der Waals surface area contributed by atoms with Crippen LogP contribution in [0.25, 0.3) is 0 Å². The van der Waals surface area contributed by atoms with Gasteiger partial charge in [0.2, 0.25) is 0 Å². The number of carbonyl (C=O) groups excluding carboxylic acids is 2. The lowest BCUT2D eigenvalue weighted by atomic mass is 10.3. The van der Waals surface area contributed by atoms with Crippen LogP contribution < -0.4 is 0 Å². The molecule has 0 amide bonds. The molecule has 0 atom stereocenters. The predicted octanol–water partition coefficient (Wildman–Crippen LogP) is 0.227. The minimum absolute atomic E-state index is 0.133. The Morgan fingerprint density at radius 1 is 1.07 bits per heavy atom. The van der Waals surface area contributed by atoms with E-state index in [-0.39, 0.29) is 19.2 Å². The zero-order valence-corrected chi connectivity index (χ0v) is 8.94. The molecule has 0 rings (SSSR count). The standard InChI is InChI=1S/C9H14O6/c1-7(9(11)15-6-13-3)4-8(10)14-5-12-2/h4H,5-6H2,1-3H3/b7-4+. The van der Waals surface area contributed by atoms with E-state index in [1.807, 2.05) is 0 Å². The van der Waals surface area contributed by atoms with Gasteiger partial charge in [-0.2, -0.15) is 0 Å². The molecule has 0 saturated carbocycles. The maximum atomic E-state index is 11.1. The molecule has 0 radical (unpaired) electrons. The molecule has 15 heavy (non-hydrogen) atoms. The fourth-order valence-electron chi connectivity index (χ4n) is 0.621. The number of hydrogen-bond donors (Lipinski definition) is 0. The van der Waals surface area contributed by atoms with Gasteiger partial charge in [0.05, 0.1) is 0 Å². The number of methoxy groups -OCH3 is 2. The fourth-order valence-corrected chi connectivity index (χ4v) is 0.621. The Morgan fingerprint density at radius 2 is 1.60 bits per heavy atom. The number of hydrogen-bond acceptors (Lipinski definition) is 6. The molecule has 0 N–H and O–H groups in total. The fraction of sp³-hybridized carbons (Fsp3) is 0.556. The second-order valence-corrected chi connectivity index (χ2v) is 2.54. The van der Waals surface area contributed by atoms with Crippen LogP contribution in [0.3, 0.4) is 0 Å². The highest BCUT2D eigenvalue weighted by molar-refractivity contribution is 5.95. The molecule has 86 valence electrons. The first-order valence-corrected chi connectivity index (χ1v) is 4.12. The van der Waals surface area contributed by atoms with Crippen molar-refractivity contribution in [3.05, 3.63) is 11.6 Å². The molecule has 6 heteroatoms. The van der Waals surface area contributed by atoms with Crippen LogP contribution in [-0.4, -0.2) is 39.7 Å². The van der Waals surface area contributed by atoms with Crippen molar-refractivity contribution in [2.75, 3.05) is 27.8 Å². The molecule has 0 aromatic carbocycles. The molecule has 0 aromatic rings. The molecule has 0 bridgehead atoms. The second kappa shape index (κ2) is 7.95. The monoisotopic (exact) mass is 218 g/mol. The molecule has 0 aromatic heterocycles. The van der Waals surface area contributed by atoms with Crippen molar-refractivity contribution in [1.82, 2.24) is 0 Å². The van der Waals surface area contributed by atoms with Gasteiger partial charge in [0.15, 0.2) is 13.6 Å². The summed E-state index contributed by atoms with van der Waals surface area (Å²) in [5, 5.41) is 0. The van der Waals surface area contributed by atoms with E-state index in [4.69, 9.17) is 0 Å². The molecule has 0 heterocycles. The maximum Gasteiger partial charge on any atom is 0.336 e. The maximum absolute atomic E-state index is 11.1. The van der Waals surface area contributed by atoms with Crippen molar-refractivity contribution >= 4 is 11.9 Å². The number of esters is 2. The SMILES string of the molecule is COCOC(=O)/C=C(\C)C(=O)OCOC. The van der Waals surface area contributed by atoms with Crippen LogP contribution in [0.5, 0.6) is 0 Å². The quantitative estimate of drug-likeness (QED) is 0.361. The Kier molecular flexibility index (Phi) is 7.21. The van der Waals surface area contributed by atoms with Crippen LogP contribution in [0.2, 0.25) is 0 Å². The molecule has 6 nitrogen and oxygen atoms in total.